The van der Waals surface area contributed by atoms with Gasteiger partial charge in [0.15, 0.2) is 0 Å². The van der Waals surface area contributed by atoms with Gasteiger partial charge >= 0.3 is 0 Å². The molecule has 6 nitrogen and oxygen atoms in total. The maximum absolute atomic E-state index is 13.6. The van der Waals surface area contributed by atoms with Crippen LogP contribution >= 0.6 is 0 Å². The molecule has 3 aromatic rings. The number of carbonyl (C=O) groups excluding carboxylic acids is 1. The quantitative estimate of drug-likeness (QED) is 0.509. The molecule has 7 heteroatoms. The van der Waals surface area contributed by atoms with Crippen molar-refractivity contribution in [2.24, 2.45) is 0 Å². The number of para-hydroxylation sites is 2. The second kappa shape index (κ2) is 11.1. The van der Waals surface area contributed by atoms with Crippen molar-refractivity contribution < 1.29 is 13.9 Å². The summed E-state index contributed by atoms with van der Waals surface area (Å²) in [6, 6.07) is 18.5. The number of rotatable bonds is 8. The maximum Gasteiger partial charge on any atom is 0.232 e. The smallest absolute Gasteiger partial charge is 0.232 e. The number of anilines is 2. The van der Waals surface area contributed by atoms with E-state index in [1.54, 1.807) is 37.3 Å². The van der Waals surface area contributed by atoms with E-state index in [1.807, 2.05) is 36.4 Å². The van der Waals surface area contributed by atoms with Crippen molar-refractivity contribution in [3.63, 3.8) is 0 Å². The molecule has 1 amide bonds. The number of hydrogen-bond acceptors (Lipinski definition) is 5. The lowest BCUT2D eigenvalue weighted by Crippen LogP contribution is -2.49. The third-order valence-electron chi connectivity index (χ3n) is 6.24. The minimum absolute atomic E-state index is 0.0441. The van der Waals surface area contributed by atoms with E-state index in [-0.39, 0.29) is 18.1 Å². The predicted octanol–water partition coefficient (Wildman–Crippen LogP) is 3.94. The average molecular weight is 462 g/mol. The normalized spacial score (nSPS) is 14.1. The molecule has 0 atom stereocenters. The van der Waals surface area contributed by atoms with E-state index in [0.29, 0.717) is 17.9 Å². The number of pyridine rings is 1. The zero-order valence-corrected chi connectivity index (χ0v) is 19.8. The van der Waals surface area contributed by atoms with E-state index >= 15 is 0 Å². The third-order valence-corrected chi connectivity index (χ3v) is 6.24. The molecular weight excluding hydrogens is 430 g/mol. The van der Waals surface area contributed by atoms with E-state index in [2.05, 4.69) is 20.9 Å². The average Bonchev–Trinajstić information content (AvgIpc) is 2.87. The van der Waals surface area contributed by atoms with Crippen molar-refractivity contribution in [1.29, 1.82) is 0 Å². The summed E-state index contributed by atoms with van der Waals surface area (Å²) in [6.07, 6.45) is 1.91. The summed E-state index contributed by atoms with van der Waals surface area (Å²) in [5.74, 6) is 1.22. The molecule has 0 bridgehead atoms. The van der Waals surface area contributed by atoms with Gasteiger partial charge in [-0.3, -0.25) is 14.6 Å². The molecule has 1 aliphatic heterocycles. The van der Waals surface area contributed by atoms with Crippen LogP contribution in [0.5, 0.6) is 5.75 Å². The first kappa shape index (κ1) is 23.7. The monoisotopic (exact) mass is 461 g/mol. The van der Waals surface area contributed by atoms with Crippen molar-refractivity contribution in [3.05, 3.63) is 83.8 Å². The molecule has 1 aromatic heterocycles. The maximum atomic E-state index is 13.6. The highest BCUT2D eigenvalue weighted by molar-refractivity contribution is 5.93. The summed E-state index contributed by atoms with van der Waals surface area (Å²) in [7, 11) is 1.70. The molecule has 2 heterocycles. The zero-order valence-electron chi connectivity index (χ0n) is 19.8. The highest BCUT2D eigenvalue weighted by Gasteiger charge is 2.22. The van der Waals surface area contributed by atoms with Crippen LogP contribution in [0.1, 0.15) is 11.1 Å². The van der Waals surface area contributed by atoms with Crippen molar-refractivity contribution >= 4 is 17.4 Å². The Hall–Kier alpha value is -3.45. The van der Waals surface area contributed by atoms with Gasteiger partial charge in [-0.05, 0) is 48.4 Å². The summed E-state index contributed by atoms with van der Waals surface area (Å²) in [5, 5.41) is 0. The number of aromatic nitrogens is 1. The number of ether oxygens (including phenoxy) is 1. The number of hydrogen-bond donors (Lipinski definition) is 0. The zero-order chi connectivity index (χ0) is 23.9. The lowest BCUT2D eigenvalue weighted by Gasteiger charge is -2.37. The van der Waals surface area contributed by atoms with Gasteiger partial charge in [0.05, 0.1) is 19.2 Å². The Morgan fingerprint density at radius 3 is 2.53 bits per heavy atom. The SMILES string of the molecule is COc1ccccc1N1CCN(CCN(C(=O)Cc2ccc([18F])c(C)c2)c2ccccn2)CC1. The van der Waals surface area contributed by atoms with Crippen molar-refractivity contribution in [2.75, 3.05) is 56.2 Å². The van der Waals surface area contributed by atoms with Gasteiger partial charge in [0.25, 0.3) is 0 Å². The van der Waals surface area contributed by atoms with E-state index in [9.17, 15) is 9.18 Å². The van der Waals surface area contributed by atoms with Crippen LogP contribution in [0.25, 0.3) is 0 Å². The minimum atomic E-state index is -0.259. The molecule has 4 rings (SSSR count). The van der Waals surface area contributed by atoms with Gasteiger partial charge in [0, 0.05) is 45.5 Å². The molecule has 34 heavy (non-hydrogen) atoms. The van der Waals surface area contributed by atoms with Crippen molar-refractivity contribution in [1.82, 2.24) is 9.88 Å². The van der Waals surface area contributed by atoms with E-state index in [4.69, 9.17) is 4.74 Å². The molecule has 1 fully saturated rings. The summed E-state index contributed by atoms with van der Waals surface area (Å²) >= 11 is 0. The first-order valence-electron chi connectivity index (χ1n) is 11.6. The van der Waals surface area contributed by atoms with E-state index < -0.39 is 0 Å². The van der Waals surface area contributed by atoms with Crippen molar-refractivity contribution in [3.8, 4) is 5.75 Å². The molecule has 0 unspecified atom stereocenters. The highest BCUT2D eigenvalue weighted by atomic mass is 18.2. The molecular formula is C27H31FN4O2. The fraction of sp³-hybridized carbons (Fsp3) is 0.333. The van der Waals surface area contributed by atoms with Gasteiger partial charge in [0.2, 0.25) is 5.91 Å². The number of methoxy groups -OCH3 is 1. The lowest BCUT2D eigenvalue weighted by atomic mass is 10.1. The predicted molar refractivity (Wildman–Crippen MR) is 133 cm³/mol. The number of aryl methyl sites for hydroxylation is 1. The topological polar surface area (TPSA) is 48.9 Å². The molecule has 2 aromatic carbocycles. The number of carbonyl (C=O) groups is 1. The molecule has 1 saturated heterocycles. The van der Waals surface area contributed by atoms with Crippen LogP contribution in [0, 0.1) is 12.7 Å². The Morgan fingerprint density at radius 2 is 1.82 bits per heavy atom. The van der Waals surface area contributed by atoms with Crippen molar-refractivity contribution in [2.45, 2.75) is 13.3 Å². The van der Waals surface area contributed by atoms with Gasteiger partial charge in [-0.2, -0.15) is 0 Å². The summed E-state index contributed by atoms with van der Waals surface area (Å²) < 4.78 is 19.2. The molecule has 1 aliphatic rings. The van der Waals surface area contributed by atoms with Crippen LogP contribution in [0.4, 0.5) is 15.9 Å². The third kappa shape index (κ3) is 5.72. The van der Waals surface area contributed by atoms with E-state index in [0.717, 1.165) is 49.7 Å². The van der Waals surface area contributed by atoms with Gasteiger partial charge < -0.3 is 9.64 Å². The highest BCUT2D eigenvalue weighted by Crippen LogP contribution is 2.28. The number of piperazine rings is 1. The number of halogens is 1. The second-order valence-electron chi connectivity index (χ2n) is 8.49. The Balaban J connectivity index is 1.39. The number of benzene rings is 2. The van der Waals surface area contributed by atoms with Crippen LogP contribution in [-0.4, -0.2) is 62.2 Å². The number of nitrogens with zero attached hydrogens (tertiary/aromatic N) is 4. The Kier molecular flexibility index (Phi) is 7.75. The molecule has 0 N–H and O–H groups in total. The first-order valence-corrected chi connectivity index (χ1v) is 11.6. The first-order chi connectivity index (χ1) is 16.5. The molecule has 0 saturated carbocycles. The molecule has 0 radical (unpaired) electrons. The van der Waals surface area contributed by atoms with Gasteiger partial charge in [0.1, 0.15) is 17.4 Å². The molecule has 178 valence electrons. The standard InChI is InChI=1S/C27H31FN4O2/c1-21-19-22(10-11-23(21)28)20-27(33)32(26-9-5-6-12-29-26)18-15-30-13-16-31(17-14-30)24-7-3-4-8-25(24)34-2/h3-12,19H,13-18,20H2,1-2H3/i28-1. The summed E-state index contributed by atoms with van der Waals surface area (Å²) in [6.45, 7) is 6.61. The fourth-order valence-electron chi connectivity index (χ4n) is 4.31. The molecule has 0 spiro atoms. The van der Waals surface area contributed by atoms with E-state index in [1.165, 1.54) is 6.07 Å². The minimum Gasteiger partial charge on any atom is -0.495 e. The largest absolute Gasteiger partial charge is 0.495 e. The fourth-order valence-corrected chi connectivity index (χ4v) is 4.31. The molecule has 0 aliphatic carbocycles. The van der Waals surface area contributed by atoms with Crippen LogP contribution in [0.3, 0.4) is 0 Å². The van der Waals surface area contributed by atoms with Crippen LogP contribution in [-0.2, 0) is 11.2 Å². The van der Waals surface area contributed by atoms with Crippen LogP contribution < -0.4 is 14.5 Å². The van der Waals surface area contributed by atoms with Gasteiger partial charge in [-0.1, -0.05) is 30.3 Å². The Bertz CT molecular complexity index is 1100. The lowest BCUT2D eigenvalue weighted by molar-refractivity contribution is -0.118. The van der Waals surface area contributed by atoms with Gasteiger partial charge in [-0.15, -0.1) is 0 Å². The van der Waals surface area contributed by atoms with Crippen LogP contribution in [0.15, 0.2) is 66.9 Å². The summed E-state index contributed by atoms with van der Waals surface area (Å²) in [5.41, 5.74) is 2.46. The Morgan fingerprint density at radius 1 is 1.06 bits per heavy atom. The van der Waals surface area contributed by atoms with Gasteiger partial charge in [-0.25, -0.2) is 9.37 Å². The van der Waals surface area contributed by atoms with Crippen LogP contribution in [0.2, 0.25) is 0 Å². The second-order valence-corrected chi connectivity index (χ2v) is 8.49. The number of amides is 1. The summed E-state index contributed by atoms with van der Waals surface area (Å²) in [4.78, 5) is 24.1. The Labute approximate surface area is 200 Å².